The molecule has 0 bridgehead atoms. The second kappa shape index (κ2) is 9.76. The summed E-state index contributed by atoms with van der Waals surface area (Å²) in [6.45, 7) is 6.57. The average Bonchev–Trinajstić information content (AvgIpc) is 2.68. The van der Waals surface area contributed by atoms with E-state index in [9.17, 15) is 4.79 Å². The summed E-state index contributed by atoms with van der Waals surface area (Å²) in [6.07, 6.45) is 0. The first-order valence-corrected chi connectivity index (χ1v) is 10.1. The highest BCUT2D eigenvalue weighted by molar-refractivity contribution is 8.00. The van der Waals surface area contributed by atoms with Gasteiger partial charge in [-0.3, -0.25) is 4.79 Å². The molecule has 2 N–H and O–H groups in total. The van der Waals surface area contributed by atoms with Gasteiger partial charge in [-0.05, 0) is 24.6 Å². The minimum absolute atomic E-state index is 0.0348. The molecule has 1 aliphatic heterocycles. The molecule has 0 radical (unpaired) electrons. The molecule has 1 amide bonds. The lowest BCUT2D eigenvalue weighted by molar-refractivity contribution is -0.909. The number of amides is 1. The Morgan fingerprint density at radius 3 is 2.50 bits per heavy atom. The lowest BCUT2D eigenvalue weighted by Crippen LogP contribution is -3.14. The van der Waals surface area contributed by atoms with Gasteiger partial charge >= 0.3 is 0 Å². The fourth-order valence-electron chi connectivity index (χ4n) is 3.11. The second-order valence-corrected chi connectivity index (χ2v) is 7.75. The number of nitrogens with one attached hydrogen (secondary N) is 2. The lowest BCUT2D eigenvalue weighted by atomic mass is 10.0. The van der Waals surface area contributed by atoms with Gasteiger partial charge in [0.1, 0.15) is 25.7 Å². The zero-order valence-electron chi connectivity index (χ0n) is 15.2. The van der Waals surface area contributed by atoms with Crippen LogP contribution in [0.3, 0.4) is 0 Å². The first-order chi connectivity index (χ1) is 12.7. The number of aryl methyl sites for hydroxylation is 1. The summed E-state index contributed by atoms with van der Waals surface area (Å²) in [5.41, 5.74) is 2.41. The largest absolute Gasteiger partial charge is 0.370 e. The van der Waals surface area contributed by atoms with Crippen LogP contribution in [0.15, 0.2) is 59.5 Å². The number of rotatable bonds is 7. The Kier molecular flexibility index (Phi) is 7.12. The molecule has 4 nitrogen and oxygen atoms in total. The van der Waals surface area contributed by atoms with Crippen molar-refractivity contribution in [2.45, 2.75) is 17.9 Å². The monoisotopic (exact) mass is 371 g/mol. The number of quaternary nitrogens is 1. The number of morpholine rings is 1. The standard InChI is InChI=1S/C21H26N2O2S/c1-17-7-9-18(10-8-17)20(15-23-11-13-25-14-12-23)22-21(24)16-26-19-5-3-2-4-6-19/h2-10,20H,11-16H2,1H3,(H,22,24)/p+1/t20-/m0/s1. The topological polar surface area (TPSA) is 42.8 Å². The van der Waals surface area contributed by atoms with Crippen molar-refractivity contribution in [1.29, 1.82) is 0 Å². The summed E-state index contributed by atoms with van der Waals surface area (Å²) in [6, 6.07) is 18.6. The lowest BCUT2D eigenvalue weighted by Gasteiger charge is -2.28. The van der Waals surface area contributed by atoms with Crippen molar-refractivity contribution < 1.29 is 14.4 Å². The number of carbonyl (C=O) groups excluding carboxylic acids is 1. The normalized spacial score (nSPS) is 16.2. The molecule has 1 fully saturated rings. The van der Waals surface area contributed by atoms with Gasteiger partial charge in [-0.15, -0.1) is 11.8 Å². The molecule has 1 heterocycles. The van der Waals surface area contributed by atoms with E-state index in [2.05, 4.69) is 36.5 Å². The van der Waals surface area contributed by atoms with Crippen LogP contribution in [0.25, 0.3) is 0 Å². The molecule has 5 heteroatoms. The van der Waals surface area contributed by atoms with Crippen LogP contribution in [0.5, 0.6) is 0 Å². The van der Waals surface area contributed by atoms with Crippen molar-refractivity contribution in [3.8, 4) is 0 Å². The molecule has 3 rings (SSSR count). The van der Waals surface area contributed by atoms with Crippen molar-refractivity contribution in [2.75, 3.05) is 38.6 Å². The molecule has 2 aromatic rings. The van der Waals surface area contributed by atoms with Crippen LogP contribution in [0.4, 0.5) is 0 Å². The van der Waals surface area contributed by atoms with Gasteiger partial charge in [0.15, 0.2) is 0 Å². The number of carbonyl (C=O) groups is 1. The Bertz CT molecular complexity index is 685. The van der Waals surface area contributed by atoms with E-state index in [0.717, 1.165) is 37.7 Å². The van der Waals surface area contributed by atoms with Crippen LogP contribution in [0.2, 0.25) is 0 Å². The Labute approximate surface area is 159 Å². The van der Waals surface area contributed by atoms with Crippen molar-refractivity contribution >= 4 is 17.7 Å². The summed E-state index contributed by atoms with van der Waals surface area (Å²) in [7, 11) is 0. The fraction of sp³-hybridized carbons (Fsp3) is 0.381. The van der Waals surface area contributed by atoms with Gasteiger partial charge < -0.3 is 15.0 Å². The predicted octanol–water partition coefficient (Wildman–Crippen LogP) is 1.86. The van der Waals surface area contributed by atoms with E-state index in [1.807, 2.05) is 30.3 Å². The first-order valence-electron chi connectivity index (χ1n) is 9.16. The second-order valence-electron chi connectivity index (χ2n) is 6.70. The van der Waals surface area contributed by atoms with Crippen molar-refractivity contribution in [3.05, 3.63) is 65.7 Å². The zero-order valence-corrected chi connectivity index (χ0v) is 16.1. The molecule has 26 heavy (non-hydrogen) atoms. The van der Waals surface area contributed by atoms with E-state index < -0.39 is 0 Å². The van der Waals surface area contributed by atoms with E-state index in [-0.39, 0.29) is 11.9 Å². The number of thioether (sulfide) groups is 1. The van der Waals surface area contributed by atoms with Gasteiger partial charge in [-0.2, -0.15) is 0 Å². The van der Waals surface area contributed by atoms with Crippen molar-refractivity contribution in [3.63, 3.8) is 0 Å². The van der Waals surface area contributed by atoms with E-state index in [0.29, 0.717) is 5.75 Å². The Balaban J connectivity index is 1.62. The fourth-order valence-corrected chi connectivity index (χ4v) is 3.84. The summed E-state index contributed by atoms with van der Waals surface area (Å²) in [4.78, 5) is 15.1. The van der Waals surface area contributed by atoms with Crippen LogP contribution in [0, 0.1) is 6.92 Å². The van der Waals surface area contributed by atoms with Crippen molar-refractivity contribution in [2.24, 2.45) is 0 Å². The van der Waals surface area contributed by atoms with E-state index in [1.165, 1.54) is 16.0 Å². The number of benzene rings is 2. The average molecular weight is 372 g/mol. The SMILES string of the molecule is Cc1ccc([C@H](C[NH+]2CCOCC2)NC(=O)CSc2ccccc2)cc1. The maximum Gasteiger partial charge on any atom is 0.231 e. The number of ether oxygens (including phenoxy) is 1. The minimum atomic E-state index is 0.0348. The van der Waals surface area contributed by atoms with Gasteiger partial charge in [0, 0.05) is 4.90 Å². The number of hydrogen-bond acceptors (Lipinski definition) is 3. The molecule has 0 spiro atoms. The van der Waals surface area contributed by atoms with Gasteiger partial charge in [0.05, 0.1) is 19.0 Å². The Hall–Kier alpha value is -1.82. The summed E-state index contributed by atoms with van der Waals surface area (Å²) < 4.78 is 5.46. The first kappa shape index (κ1) is 19.0. The van der Waals surface area contributed by atoms with Crippen LogP contribution in [-0.4, -0.2) is 44.5 Å². The third-order valence-electron chi connectivity index (χ3n) is 4.62. The Morgan fingerprint density at radius 2 is 1.81 bits per heavy atom. The van der Waals surface area contributed by atoms with Crippen molar-refractivity contribution in [1.82, 2.24) is 5.32 Å². The molecule has 0 aromatic heterocycles. The highest BCUT2D eigenvalue weighted by Gasteiger charge is 2.23. The predicted molar refractivity (Wildman–Crippen MR) is 106 cm³/mol. The summed E-state index contributed by atoms with van der Waals surface area (Å²) in [5.74, 6) is 0.516. The van der Waals surface area contributed by atoms with Crippen LogP contribution >= 0.6 is 11.8 Å². The highest BCUT2D eigenvalue weighted by atomic mass is 32.2. The molecule has 1 aliphatic rings. The molecule has 0 saturated carbocycles. The molecule has 1 atom stereocenters. The smallest absolute Gasteiger partial charge is 0.231 e. The third kappa shape index (κ3) is 5.87. The van der Waals surface area contributed by atoms with E-state index >= 15 is 0 Å². The number of hydrogen-bond donors (Lipinski definition) is 2. The maximum absolute atomic E-state index is 12.5. The molecule has 2 aromatic carbocycles. The Morgan fingerprint density at radius 1 is 1.12 bits per heavy atom. The quantitative estimate of drug-likeness (QED) is 0.730. The van der Waals surface area contributed by atoms with Crippen LogP contribution in [0.1, 0.15) is 17.2 Å². The van der Waals surface area contributed by atoms with Gasteiger partial charge in [0.2, 0.25) is 5.91 Å². The summed E-state index contributed by atoms with van der Waals surface area (Å²) >= 11 is 1.58. The van der Waals surface area contributed by atoms with E-state index in [4.69, 9.17) is 4.74 Å². The maximum atomic E-state index is 12.5. The highest BCUT2D eigenvalue weighted by Crippen LogP contribution is 2.18. The van der Waals surface area contributed by atoms with Crippen LogP contribution in [-0.2, 0) is 9.53 Å². The van der Waals surface area contributed by atoms with E-state index in [1.54, 1.807) is 11.8 Å². The minimum Gasteiger partial charge on any atom is -0.370 e. The molecular weight excluding hydrogens is 344 g/mol. The molecule has 138 valence electrons. The van der Waals surface area contributed by atoms with Gasteiger partial charge in [-0.1, -0.05) is 48.0 Å². The zero-order chi connectivity index (χ0) is 18.2. The molecule has 0 unspecified atom stereocenters. The molecule has 0 aliphatic carbocycles. The van der Waals surface area contributed by atoms with Gasteiger partial charge in [0.25, 0.3) is 0 Å². The molecular formula is C21H27N2O2S+. The summed E-state index contributed by atoms with van der Waals surface area (Å²) in [5, 5.41) is 3.25. The molecule has 1 saturated heterocycles. The van der Waals surface area contributed by atoms with Crippen LogP contribution < -0.4 is 10.2 Å². The third-order valence-corrected chi connectivity index (χ3v) is 5.63. The van der Waals surface area contributed by atoms with Gasteiger partial charge in [-0.25, -0.2) is 0 Å².